The molecule has 2 rings (SSSR count). The van der Waals surface area contributed by atoms with Gasteiger partial charge in [0.2, 0.25) is 11.8 Å². The van der Waals surface area contributed by atoms with Gasteiger partial charge < -0.3 is 9.80 Å². The minimum Gasteiger partial charge on any atom is -0.343 e. The molecule has 1 aliphatic rings. The second-order valence-corrected chi connectivity index (χ2v) is 7.76. The number of carbonyl (C=O) groups is 2. The average Bonchev–Trinajstić information content (AvgIpc) is 2.97. The molecule has 1 fully saturated rings. The Balaban J connectivity index is 1.88. The van der Waals surface area contributed by atoms with Crippen LogP contribution in [0.2, 0.25) is 4.34 Å². The highest BCUT2D eigenvalue weighted by molar-refractivity contribution is 7.16. The van der Waals surface area contributed by atoms with E-state index in [0.29, 0.717) is 32.6 Å². The van der Waals surface area contributed by atoms with E-state index in [1.54, 1.807) is 0 Å². The van der Waals surface area contributed by atoms with E-state index >= 15 is 0 Å². The molecule has 0 unspecified atom stereocenters. The van der Waals surface area contributed by atoms with Crippen molar-refractivity contribution in [3.8, 4) is 0 Å². The van der Waals surface area contributed by atoms with Gasteiger partial charge in [0.1, 0.15) is 0 Å². The van der Waals surface area contributed by atoms with Crippen LogP contribution in [0.3, 0.4) is 0 Å². The molecular weight excluding hydrogens is 332 g/mol. The number of likely N-dealkylation sites (tertiary alicyclic amines) is 1. The zero-order valence-corrected chi connectivity index (χ0v) is 15.5. The lowest BCUT2D eigenvalue weighted by Gasteiger charge is -2.34. The van der Waals surface area contributed by atoms with Crippen molar-refractivity contribution in [2.24, 2.45) is 5.92 Å². The van der Waals surface area contributed by atoms with Crippen LogP contribution in [0, 0.1) is 5.92 Å². The minimum absolute atomic E-state index is 0.0380. The second kappa shape index (κ2) is 8.69. The number of nitrogens with zero attached hydrogens (tertiary/aromatic N) is 2. The number of hydrogen-bond acceptors (Lipinski definition) is 3. The third-order valence-corrected chi connectivity index (χ3v) is 5.55. The monoisotopic (exact) mass is 356 g/mol. The topological polar surface area (TPSA) is 40.6 Å². The molecular formula is C17H25ClN2O2S. The van der Waals surface area contributed by atoms with Crippen LogP contribution in [0.15, 0.2) is 12.1 Å². The van der Waals surface area contributed by atoms with Gasteiger partial charge >= 0.3 is 0 Å². The third kappa shape index (κ3) is 4.95. The highest BCUT2D eigenvalue weighted by atomic mass is 35.5. The lowest BCUT2D eigenvalue weighted by molar-refractivity contribution is -0.141. The van der Waals surface area contributed by atoms with E-state index in [4.69, 9.17) is 11.6 Å². The van der Waals surface area contributed by atoms with Gasteiger partial charge in [-0.1, -0.05) is 18.5 Å². The summed E-state index contributed by atoms with van der Waals surface area (Å²) in [6.45, 7) is 6.76. The summed E-state index contributed by atoms with van der Waals surface area (Å²) in [4.78, 5) is 29.6. The van der Waals surface area contributed by atoms with E-state index in [9.17, 15) is 9.59 Å². The van der Waals surface area contributed by atoms with E-state index in [2.05, 4.69) is 0 Å². The van der Waals surface area contributed by atoms with Gasteiger partial charge in [-0.25, -0.2) is 0 Å². The Morgan fingerprint density at radius 3 is 2.52 bits per heavy atom. The van der Waals surface area contributed by atoms with Gasteiger partial charge in [-0.3, -0.25) is 9.59 Å². The summed E-state index contributed by atoms with van der Waals surface area (Å²) in [6.07, 6.45) is 3.04. The largest absolute Gasteiger partial charge is 0.343 e. The molecule has 23 heavy (non-hydrogen) atoms. The summed E-state index contributed by atoms with van der Waals surface area (Å²) >= 11 is 7.49. The number of carbonyl (C=O) groups excluding carboxylic acids is 2. The molecule has 1 saturated heterocycles. The summed E-state index contributed by atoms with van der Waals surface area (Å²) < 4.78 is 0.756. The fraction of sp³-hybridized carbons (Fsp3) is 0.647. The van der Waals surface area contributed by atoms with Gasteiger partial charge in [0, 0.05) is 36.9 Å². The predicted molar refractivity (Wildman–Crippen MR) is 94.6 cm³/mol. The summed E-state index contributed by atoms with van der Waals surface area (Å²) in [5.74, 6) is 0.467. The van der Waals surface area contributed by atoms with Crippen LogP contribution in [0.25, 0.3) is 0 Å². The number of hydrogen-bond donors (Lipinski definition) is 0. The standard InChI is InChI=1S/C17H25ClN2O2S/c1-3-5-16(21)20-10-8-13(9-11-20)17(22)19(4-2)12-14-6-7-15(18)23-14/h6-7,13H,3-5,8-12H2,1-2H3. The van der Waals surface area contributed by atoms with Crippen molar-refractivity contribution in [2.75, 3.05) is 19.6 Å². The van der Waals surface area contributed by atoms with Crippen LogP contribution in [-0.2, 0) is 16.1 Å². The SMILES string of the molecule is CCCC(=O)N1CCC(C(=O)N(CC)Cc2ccc(Cl)s2)CC1. The summed E-state index contributed by atoms with van der Waals surface area (Å²) in [5, 5.41) is 0. The highest BCUT2D eigenvalue weighted by Gasteiger charge is 2.29. The van der Waals surface area contributed by atoms with Crippen LogP contribution < -0.4 is 0 Å². The van der Waals surface area contributed by atoms with Crippen LogP contribution in [0.1, 0.15) is 44.4 Å². The zero-order valence-electron chi connectivity index (χ0n) is 13.9. The first kappa shape index (κ1) is 18.3. The number of piperidine rings is 1. The van der Waals surface area contributed by atoms with Gasteiger partial charge in [0.25, 0.3) is 0 Å². The molecule has 6 heteroatoms. The molecule has 0 aromatic carbocycles. The van der Waals surface area contributed by atoms with Crippen molar-refractivity contribution >= 4 is 34.8 Å². The molecule has 1 aromatic rings. The fourth-order valence-electron chi connectivity index (χ4n) is 2.98. The second-order valence-electron chi connectivity index (χ2n) is 5.96. The van der Waals surface area contributed by atoms with Crippen LogP contribution >= 0.6 is 22.9 Å². The molecule has 1 aliphatic heterocycles. The minimum atomic E-state index is 0.0380. The third-order valence-electron chi connectivity index (χ3n) is 4.33. The quantitative estimate of drug-likeness (QED) is 0.778. The predicted octanol–water partition coefficient (Wildman–Crippen LogP) is 3.79. The smallest absolute Gasteiger partial charge is 0.226 e. The maximum Gasteiger partial charge on any atom is 0.226 e. The zero-order chi connectivity index (χ0) is 16.8. The van der Waals surface area contributed by atoms with E-state index in [1.165, 1.54) is 11.3 Å². The number of halogens is 1. The van der Waals surface area contributed by atoms with Crippen molar-refractivity contribution in [3.05, 3.63) is 21.3 Å². The lowest BCUT2D eigenvalue weighted by Crippen LogP contribution is -2.44. The van der Waals surface area contributed by atoms with E-state index in [-0.39, 0.29) is 17.7 Å². The molecule has 128 valence electrons. The maximum absolute atomic E-state index is 12.7. The Morgan fingerprint density at radius 1 is 1.30 bits per heavy atom. The van der Waals surface area contributed by atoms with Crippen molar-refractivity contribution in [3.63, 3.8) is 0 Å². The Bertz CT molecular complexity index is 538. The van der Waals surface area contributed by atoms with Crippen LogP contribution in [-0.4, -0.2) is 41.2 Å². The number of thiophene rings is 1. The van der Waals surface area contributed by atoms with Crippen LogP contribution in [0.4, 0.5) is 0 Å². The maximum atomic E-state index is 12.7. The van der Waals surface area contributed by atoms with Gasteiger partial charge in [-0.2, -0.15) is 0 Å². The van der Waals surface area contributed by atoms with Gasteiger partial charge in [0.15, 0.2) is 0 Å². The molecule has 2 amide bonds. The van der Waals surface area contributed by atoms with Gasteiger partial charge in [0.05, 0.1) is 10.9 Å². The molecule has 0 aliphatic carbocycles. The van der Waals surface area contributed by atoms with E-state index in [1.807, 2.05) is 35.8 Å². The van der Waals surface area contributed by atoms with E-state index < -0.39 is 0 Å². The average molecular weight is 357 g/mol. The van der Waals surface area contributed by atoms with Crippen molar-refractivity contribution in [2.45, 2.75) is 46.1 Å². The first-order valence-electron chi connectivity index (χ1n) is 8.35. The van der Waals surface area contributed by atoms with Gasteiger partial charge in [-0.05, 0) is 38.3 Å². The molecule has 0 N–H and O–H groups in total. The Hall–Kier alpha value is -1.07. The van der Waals surface area contributed by atoms with Crippen molar-refractivity contribution in [1.82, 2.24) is 9.80 Å². The number of amides is 2. The first-order chi connectivity index (χ1) is 11.0. The summed E-state index contributed by atoms with van der Waals surface area (Å²) in [5.41, 5.74) is 0. The van der Waals surface area contributed by atoms with E-state index in [0.717, 1.165) is 28.5 Å². The fourth-order valence-corrected chi connectivity index (χ4v) is 4.08. The summed E-state index contributed by atoms with van der Waals surface area (Å²) in [6, 6.07) is 3.85. The molecule has 0 saturated carbocycles. The molecule has 0 spiro atoms. The highest BCUT2D eigenvalue weighted by Crippen LogP contribution is 2.25. The molecule has 2 heterocycles. The van der Waals surface area contributed by atoms with Gasteiger partial charge in [-0.15, -0.1) is 11.3 Å². The molecule has 0 atom stereocenters. The van der Waals surface area contributed by atoms with Crippen molar-refractivity contribution in [1.29, 1.82) is 0 Å². The Labute approximate surface area is 147 Å². The Kier molecular flexibility index (Phi) is 6.90. The van der Waals surface area contributed by atoms with Crippen LogP contribution in [0.5, 0.6) is 0 Å². The number of rotatable bonds is 6. The Morgan fingerprint density at radius 2 is 2.00 bits per heavy atom. The molecule has 0 radical (unpaired) electrons. The first-order valence-corrected chi connectivity index (χ1v) is 9.55. The lowest BCUT2D eigenvalue weighted by atomic mass is 9.95. The molecule has 4 nitrogen and oxygen atoms in total. The normalized spacial score (nSPS) is 15.7. The van der Waals surface area contributed by atoms with Crippen molar-refractivity contribution < 1.29 is 9.59 Å². The summed E-state index contributed by atoms with van der Waals surface area (Å²) in [7, 11) is 0. The molecule has 1 aromatic heterocycles. The molecule has 0 bridgehead atoms.